The number of aliphatic hydroxyl groups is 4. The molecule has 0 aromatic heterocycles. The predicted octanol–water partition coefficient (Wildman–Crippen LogP) is 3.13. The Labute approximate surface area is 251 Å². The number of alkyl halides is 2. The van der Waals surface area contributed by atoms with Gasteiger partial charge in [0.2, 0.25) is 0 Å². The Morgan fingerprint density at radius 1 is 1.32 bits per heavy atom. The van der Waals surface area contributed by atoms with Crippen LogP contribution in [-0.2, 0) is 14.0 Å². The van der Waals surface area contributed by atoms with Gasteiger partial charge in [0.15, 0.2) is 0 Å². The number of rotatable bonds is 7. The average Bonchev–Trinajstić information content (AvgIpc) is 3.09. The van der Waals surface area contributed by atoms with Crippen LogP contribution >= 0.6 is 57.1 Å². The van der Waals surface area contributed by atoms with Gasteiger partial charge in [0.1, 0.15) is 12.7 Å². The van der Waals surface area contributed by atoms with Crippen molar-refractivity contribution in [1.82, 2.24) is 0 Å². The Morgan fingerprint density at radius 2 is 1.85 bits per heavy atom. The summed E-state index contributed by atoms with van der Waals surface area (Å²) in [4.78, 5) is 8.44. The van der Waals surface area contributed by atoms with Gasteiger partial charge >= 0.3 is 8.25 Å². The van der Waals surface area contributed by atoms with Crippen LogP contribution in [0.15, 0.2) is 0 Å². The summed E-state index contributed by atoms with van der Waals surface area (Å²) in [7, 11) is -3.04. The number of hydrogen-bond acceptors (Lipinski definition) is 9. The fourth-order valence-electron chi connectivity index (χ4n) is 0.960. The minimum absolute atomic E-state index is 0. The molecule has 34 heavy (non-hydrogen) atoms. The molecule has 0 aromatic rings. The van der Waals surface area contributed by atoms with Crippen LogP contribution < -0.4 is 4.89 Å². The van der Waals surface area contributed by atoms with E-state index in [9.17, 15) is 0 Å². The average molecular weight is 729 g/mol. The molecule has 0 amide bonds. The molecule has 1 saturated heterocycles. The maximum absolute atomic E-state index is 8.93. The van der Waals surface area contributed by atoms with E-state index >= 15 is 0 Å². The maximum Gasteiger partial charge on any atom is 0.521 e. The largest absolute Gasteiger partial charge is 0.565 e. The molecule has 1 heterocycles. The summed E-state index contributed by atoms with van der Waals surface area (Å²) in [5.74, 6) is 4.65. The number of hydrogen-bond donors (Lipinski definition) is 5. The van der Waals surface area contributed by atoms with Crippen LogP contribution in [0.4, 0.5) is 0 Å². The molecule has 0 spiro atoms. The zero-order valence-corrected chi connectivity index (χ0v) is 24.9. The van der Waals surface area contributed by atoms with Gasteiger partial charge < -0.3 is 35.5 Å². The second kappa shape index (κ2) is 40.9. The highest BCUT2D eigenvalue weighted by atomic mass is 79.9. The van der Waals surface area contributed by atoms with Crippen molar-refractivity contribution in [1.29, 1.82) is 0 Å². The van der Waals surface area contributed by atoms with Gasteiger partial charge in [-0.25, -0.2) is 5.26 Å². The second-order valence-corrected chi connectivity index (χ2v) is 7.51. The highest BCUT2D eigenvalue weighted by Crippen LogP contribution is 2.09. The van der Waals surface area contributed by atoms with Crippen LogP contribution in [0.2, 0.25) is 0 Å². The van der Waals surface area contributed by atoms with Crippen LogP contribution in [0.25, 0.3) is 0 Å². The molecule has 5 atom stereocenters. The molecule has 1 fully saturated rings. The van der Waals surface area contributed by atoms with Crippen LogP contribution in [-0.4, -0.2) is 79.4 Å². The van der Waals surface area contributed by atoms with Crippen molar-refractivity contribution in [2.45, 2.75) is 89.1 Å². The summed E-state index contributed by atoms with van der Waals surface area (Å²) in [6, 6.07) is 0. The van der Waals surface area contributed by atoms with E-state index in [0.29, 0.717) is 0 Å². The minimum Gasteiger partial charge on any atom is -0.565 e. The van der Waals surface area contributed by atoms with Gasteiger partial charge in [-0.05, 0) is 63.6 Å². The van der Waals surface area contributed by atoms with E-state index in [0.717, 1.165) is 6.92 Å². The molecule has 1 rings (SSSR count). The van der Waals surface area contributed by atoms with Crippen molar-refractivity contribution in [2.24, 2.45) is 0 Å². The lowest BCUT2D eigenvalue weighted by Crippen LogP contribution is -1.99. The molecular formula is C20H46Br3O10P. The third-order valence-corrected chi connectivity index (χ3v) is 2.57. The monoisotopic (exact) mass is 726 g/mol. The zero-order valence-electron chi connectivity index (χ0n) is 31.1. The molecule has 1 aliphatic heterocycles. The Bertz CT molecular complexity index is 851. The molecule has 0 aliphatic carbocycles. The first-order chi connectivity index (χ1) is 19.4. The summed E-state index contributed by atoms with van der Waals surface area (Å²) < 4.78 is 103. The molecule has 212 valence electrons. The summed E-state index contributed by atoms with van der Waals surface area (Å²) >= 11 is 5.98. The highest BCUT2D eigenvalue weighted by Gasteiger charge is 2.07. The van der Waals surface area contributed by atoms with Gasteiger partial charge in [-0.15, -0.1) is 17.0 Å². The SMILES string of the molecule is Br.CC(O)C#CCO.O.O=[P+]([O-])OO.[2H]C([2H])(CBr)C([2H])([2H])C(C)Br.[2H]C([2H])(CO)C([2H])([2H])C(C)O.[2H]C1([2H])COC(C)C1([2H])[2H].[HH]. The van der Waals surface area contributed by atoms with E-state index in [-0.39, 0.29) is 42.4 Å². The van der Waals surface area contributed by atoms with Crippen LogP contribution in [0.3, 0.4) is 0 Å². The molecular weight excluding hydrogens is 671 g/mol. The maximum atomic E-state index is 8.93. The van der Waals surface area contributed by atoms with Gasteiger partial charge in [0.25, 0.3) is 0 Å². The molecule has 0 bridgehead atoms. The lowest BCUT2D eigenvalue weighted by Gasteiger charge is -1.98. The molecule has 0 aromatic carbocycles. The molecule has 5 unspecified atom stereocenters. The predicted molar refractivity (Wildman–Crippen MR) is 148 cm³/mol. The van der Waals surface area contributed by atoms with E-state index in [4.69, 9.17) is 56.3 Å². The van der Waals surface area contributed by atoms with Gasteiger partial charge in [-0.3, -0.25) is 0 Å². The van der Waals surface area contributed by atoms with E-state index < -0.39 is 76.2 Å². The van der Waals surface area contributed by atoms with Crippen molar-refractivity contribution < 1.29 is 67.9 Å². The molecule has 10 nitrogen and oxygen atoms in total. The Kier molecular flexibility index (Phi) is 28.7. The lowest BCUT2D eigenvalue weighted by molar-refractivity contribution is -0.244. The second-order valence-electron chi connectivity index (χ2n) is 4.96. The number of ether oxygens (including phenoxy) is 1. The minimum atomic E-state index is -3.04. The quantitative estimate of drug-likeness (QED) is 0.0862. The van der Waals surface area contributed by atoms with Gasteiger partial charge in [0, 0.05) is 45.9 Å². The van der Waals surface area contributed by atoms with E-state index in [1.165, 1.54) is 0 Å². The first-order valence-electron chi connectivity index (χ1n) is 14.8. The smallest absolute Gasteiger partial charge is 0.521 e. The van der Waals surface area contributed by atoms with E-state index in [2.05, 4.69) is 48.4 Å². The van der Waals surface area contributed by atoms with Crippen molar-refractivity contribution >= 4 is 57.1 Å². The molecule has 14 heteroatoms. The lowest BCUT2D eigenvalue weighted by atomic mass is 10.2. The molecule has 0 saturated carbocycles. The summed E-state index contributed by atoms with van der Waals surface area (Å²) in [6.45, 7) is 4.58. The standard InChI is InChI=1S/C5H10Br2.C5H12O2.C5H8O2.C5H10O.BrH.HO4P.H2O.H2/c3*1-5(7)3-2-4-6;1-5-3-2-4-6-5;;1-4-5(2)3;;/h5H,2-4H2,1H3;5-7H,2-4H2,1H3;5-7H,4H2,1H3;5H,2-4H2,1H3;1H;1H;1H2;1H/i2*2D2,3D2;;2D2,3D2;;;;. The van der Waals surface area contributed by atoms with Crippen molar-refractivity contribution in [2.75, 3.05) is 25.2 Å². The summed E-state index contributed by atoms with van der Waals surface area (Å²) in [6.07, 6.45) is -14.9. The van der Waals surface area contributed by atoms with Crippen LogP contribution in [0.1, 0.15) is 83.8 Å². The topological polar surface area (TPSA) is 191 Å². The Balaban J connectivity index is -0.0000000857. The third kappa shape index (κ3) is 69.8. The van der Waals surface area contributed by atoms with Gasteiger partial charge in [-0.2, -0.15) is 0 Å². The number of halogens is 3. The summed E-state index contributed by atoms with van der Waals surface area (Å²) in [5, 5.41) is 40.8. The first-order valence-corrected chi connectivity index (χ1v) is 11.9. The first kappa shape index (κ1) is 23.8. The van der Waals surface area contributed by atoms with Crippen molar-refractivity contribution in [3.8, 4) is 11.8 Å². The fourth-order valence-corrected chi connectivity index (χ4v) is 1.28. The van der Waals surface area contributed by atoms with E-state index in [1.54, 1.807) is 20.8 Å². The Hall–Kier alpha value is 0.740. The molecule has 1 aliphatic rings. The summed E-state index contributed by atoms with van der Waals surface area (Å²) in [5.41, 5.74) is 0. The van der Waals surface area contributed by atoms with Crippen molar-refractivity contribution in [3.05, 3.63) is 0 Å². The number of aliphatic hydroxyl groups excluding tert-OH is 4. The van der Waals surface area contributed by atoms with E-state index in [1.807, 2.05) is 0 Å². The van der Waals surface area contributed by atoms with Gasteiger partial charge in [0.05, 0.1) is 12.2 Å². The van der Waals surface area contributed by atoms with Crippen LogP contribution in [0.5, 0.6) is 0 Å². The fraction of sp³-hybridized carbons (Fsp3) is 0.900. The normalized spacial score (nSPS) is 25.9. The van der Waals surface area contributed by atoms with Crippen molar-refractivity contribution in [3.63, 3.8) is 0 Å². The van der Waals surface area contributed by atoms with Gasteiger partial charge in [-0.1, -0.05) is 50.6 Å². The molecule has 7 N–H and O–H groups in total. The Morgan fingerprint density at radius 3 is 1.97 bits per heavy atom. The molecule has 0 radical (unpaired) electrons. The van der Waals surface area contributed by atoms with Crippen LogP contribution in [0, 0.1) is 11.8 Å². The highest BCUT2D eigenvalue weighted by molar-refractivity contribution is 9.09. The zero-order chi connectivity index (χ0) is 36.5. The third-order valence-electron chi connectivity index (χ3n) is 1.93.